The SMILES string of the molecule is Cc1c(F)cc(C2(C(=O)O)CCCCC2)cc1Br. The molecule has 0 bridgehead atoms. The zero-order valence-corrected chi connectivity index (χ0v) is 11.9. The zero-order chi connectivity index (χ0) is 13.3. The first-order valence-electron chi connectivity index (χ1n) is 6.17. The van der Waals surface area contributed by atoms with E-state index in [2.05, 4.69) is 15.9 Å². The maximum atomic E-state index is 13.8. The van der Waals surface area contributed by atoms with Crippen LogP contribution in [0, 0.1) is 12.7 Å². The van der Waals surface area contributed by atoms with Crippen LogP contribution in [0.25, 0.3) is 0 Å². The number of aliphatic carboxylic acids is 1. The van der Waals surface area contributed by atoms with Crippen molar-refractivity contribution in [1.29, 1.82) is 0 Å². The van der Waals surface area contributed by atoms with Crippen LogP contribution >= 0.6 is 15.9 Å². The summed E-state index contributed by atoms with van der Waals surface area (Å²) in [6, 6.07) is 3.15. The quantitative estimate of drug-likeness (QED) is 0.889. The summed E-state index contributed by atoms with van der Waals surface area (Å²) in [5.74, 6) is -1.18. The molecule has 1 saturated carbocycles. The summed E-state index contributed by atoms with van der Waals surface area (Å²) in [5.41, 5.74) is 0.203. The van der Waals surface area contributed by atoms with Gasteiger partial charge in [-0.3, -0.25) is 4.79 Å². The minimum Gasteiger partial charge on any atom is -0.481 e. The number of hydrogen-bond acceptors (Lipinski definition) is 1. The topological polar surface area (TPSA) is 37.3 Å². The van der Waals surface area contributed by atoms with Crippen molar-refractivity contribution in [2.24, 2.45) is 0 Å². The third-order valence-electron chi connectivity index (χ3n) is 3.95. The Balaban J connectivity index is 2.52. The zero-order valence-electron chi connectivity index (χ0n) is 10.3. The van der Waals surface area contributed by atoms with Gasteiger partial charge in [-0.15, -0.1) is 0 Å². The second-order valence-electron chi connectivity index (χ2n) is 5.01. The minimum absolute atomic E-state index is 0.342. The lowest BCUT2D eigenvalue weighted by atomic mass is 9.69. The Morgan fingerprint density at radius 2 is 1.94 bits per heavy atom. The monoisotopic (exact) mass is 314 g/mol. The number of benzene rings is 1. The fraction of sp³-hybridized carbons (Fsp3) is 0.500. The highest BCUT2D eigenvalue weighted by Crippen LogP contribution is 2.41. The number of carboxylic acids is 1. The lowest BCUT2D eigenvalue weighted by molar-refractivity contribution is -0.145. The number of halogens is 2. The molecule has 0 aromatic heterocycles. The summed E-state index contributed by atoms with van der Waals surface area (Å²) < 4.78 is 14.4. The molecule has 1 aliphatic rings. The van der Waals surface area contributed by atoms with Crippen molar-refractivity contribution in [1.82, 2.24) is 0 Å². The van der Waals surface area contributed by atoms with Crippen LogP contribution in [-0.4, -0.2) is 11.1 Å². The van der Waals surface area contributed by atoms with Crippen LogP contribution in [0.15, 0.2) is 16.6 Å². The van der Waals surface area contributed by atoms with Gasteiger partial charge in [0.05, 0.1) is 5.41 Å². The fourth-order valence-corrected chi connectivity index (χ4v) is 3.14. The molecule has 0 atom stereocenters. The molecule has 1 aromatic carbocycles. The second kappa shape index (κ2) is 5.00. The van der Waals surface area contributed by atoms with Gasteiger partial charge in [-0.25, -0.2) is 4.39 Å². The van der Waals surface area contributed by atoms with Gasteiger partial charge < -0.3 is 5.11 Å². The van der Waals surface area contributed by atoms with Crippen LogP contribution in [-0.2, 0) is 10.2 Å². The smallest absolute Gasteiger partial charge is 0.314 e. The lowest BCUT2D eigenvalue weighted by Gasteiger charge is -2.34. The van der Waals surface area contributed by atoms with E-state index in [1.807, 2.05) is 0 Å². The predicted octanol–water partition coefficient (Wildman–Crippen LogP) is 4.18. The summed E-state index contributed by atoms with van der Waals surface area (Å²) >= 11 is 3.30. The van der Waals surface area contributed by atoms with E-state index < -0.39 is 11.4 Å². The highest BCUT2D eigenvalue weighted by atomic mass is 79.9. The van der Waals surface area contributed by atoms with Crippen molar-refractivity contribution in [2.45, 2.75) is 44.4 Å². The Morgan fingerprint density at radius 1 is 1.33 bits per heavy atom. The Kier molecular flexibility index (Phi) is 3.76. The first kappa shape index (κ1) is 13.5. The van der Waals surface area contributed by atoms with Crippen molar-refractivity contribution < 1.29 is 14.3 Å². The average molecular weight is 315 g/mol. The van der Waals surface area contributed by atoms with Gasteiger partial charge in [0.15, 0.2) is 0 Å². The average Bonchev–Trinajstić information content (AvgIpc) is 2.36. The van der Waals surface area contributed by atoms with E-state index in [1.54, 1.807) is 13.0 Å². The molecule has 2 nitrogen and oxygen atoms in total. The van der Waals surface area contributed by atoms with Crippen LogP contribution in [0.4, 0.5) is 4.39 Å². The van der Waals surface area contributed by atoms with Crippen LogP contribution in [0.1, 0.15) is 43.2 Å². The molecule has 1 aliphatic carbocycles. The van der Waals surface area contributed by atoms with Gasteiger partial charge in [0.1, 0.15) is 5.82 Å². The third kappa shape index (κ3) is 2.18. The van der Waals surface area contributed by atoms with E-state index in [0.717, 1.165) is 19.3 Å². The van der Waals surface area contributed by atoms with E-state index in [4.69, 9.17) is 0 Å². The van der Waals surface area contributed by atoms with Gasteiger partial charge in [0, 0.05) is 4.47 Å². The molecule has 4 heteroatoms. The summed E-state index contributed by atoms with van der Waals surface area (Å²) in [5, 5.41) is 9.56. The first-order valence-corrected chi connectivity index (χ1v) is 6.96. The highest BCUT2D eigenvalue weighted by Gasteiger charge is 2.41. The molecule has 0 heterocycles. The van der Waals surface area contributed by atoms with Crippen LogP contribution < -0.4 is 0 Å². The van der Waals surface area contributed by atoms with E-state index in [1.165, 1.54) is 6.07 Å². The molecule has 0 amide bonds. The predicted molar refractivity (Wildman–Crippen MR) is 71.2 cm³/mol. The first-order chi connectivity index (χ1) is 8.47. The Hall–Kier alpha value is -0.900. The summed E-state index contributed by atoms with van der Waals surface area (Å²) in [6.07, 6.45) is 4.03. The molecule has 98 valence electrons. The van der Waals surface area contributed by atoms with E-state index in [9.17, 15) is 14.3 Å². The van der Waals surface area contributed by atoms with Gasteiger partial charge >= 0.3 is 5.97 Å². The second-order valence-corrected chi connectivity index (χ2v) is 5.87. The summed E-state index contributed by atoms with van der Waals surface area (Å²) in [4.78, 5) is 11.6. The standard InChI is InChI=1S/C14H16BrFO2/c1-9-11(15)7-10(8-12(9)16)14(13(17)18)5-3-2-4-6-14/h7-8H,2-6H2,1H3,(H,17,18). The molecular weight excluding hydrogens is 299 g/mol. The van der Waals surface area contributed by atoms with Crippen molar-refractivity contribution in [2.75, 3.05) is 0 Å². The molecular formula is C14H16BrFO2. The molecule has 0 saturated heterocycles. The van der Waals surface area contributed by atoms with Gasteiger partial charge in [0.2, 0.25) is 0 Å². The molecule has 2 rings (SSSR count). The number of carbonyl (C=O) groups is 1. The Bertz CT molecular complexity index is 456. The van der Waals surface area contributed by atoms with Crippen LogP contribution in [0.2, 0.25) is 0 Å². The largest absolute Gasteiger partial charge is 0.481 e. The van der Waals surface area contributed by atoms with Gasteiger partial charge in [-0.05, 0) is 43.0 Å². The molecule has 1 fully saturated rings. The summed E-state index contributed by atoms with van der Waals surface area (Å²) in [7, 11) is 0. The number of hydrogen-bond donors (Lipinski definition) is 1. The fourth-order valence-electron chi connectivity index (χ4n) is 2.70. The number of carboxylic acid groups (broad SMARTS) is 1. The Morgan fingerprint density at radius 3 is 2.44 bits per heavy atom. The molecule has 0 spiro atoms. The normalized spacial score (nSPS) is 18.6. The van der Waals surface area contributed by atoms with Crippen molar-refractivity contribution in [3.05, 3.63) is 33.5 Å². The van der Waals surface area contributed by atoms with Gasteiger partial charge in [0.25, 0.3) is 0 Å². The highest BCUT2D eigenvalue weighted by molar-refractivity contribution is 9.10. The molecule has 18 heavy (non-hydrogen) atoms. The molecule has 0 radical (unpaired) electrons. The minimum atomic E-state index is -0.907. The van der Waals surface area contributed by atoms with Gasteiger partial charge in [-0.2, -0.15) is 0 Å². The maximum absolute atomic E-state index is 13.8. The molecule has 1 aromatic rings. The van der Waals surface area contributed by atoms with E-state index in [0.29, 0.717) is 28.4 Å². The van der Waals surface area contributed by atoms with Crippen molar-refractivity contribution >= 4 is 21.9 Å². The Labute approximate surface area is 114 Å². The molecule has 0 unspecified atom stereocenters. The van der Waals surface area contributed by atoms with Gasteiger partial charge in [-0.1, -0.05) is 35.2 Å². The summed E-state index contributed by atoms with van der Waals surface area (Å²) in [6.45, 7) is 1.68. The molecule has 0 aliphatic heterocycles. The van der Waals surface area contributed by atoms with Crippen LogP contribution in [0.5, 0.6) is 0 Å². The van der Waals surface area contributed by atoms with Crippen LogP contribution in [0.3, 0.4) is 0 Å². The lowest BCUT2D eigenvalue weighted by Crippen LogP contribution is -2.38. The van der Waals surface area contributed by atoms with Crippen molar-refractivity contribution in [3.8, 4) is 0 Å². The maximum Gasteiger partial charge on any atom is 0.314 e. The molecule has 1 N–H and O–H groups in total. The third-order valence-corrected chi connectivity index (χ3v) is 4.77. The van der Waals surface area contributed by atoms with Crippen molar-refractivity contribution in [3.63, 3.8) is 0 Å². The number of rotatable bonds is 2. The van der Waals surface area contributed by atoms with E-state index in [-0.39, 0.29) is 5.82 Å². The van der Waals surface area contributed by atoms with E-state index >= 15 is 0 Å².